The van der Waals surface area contributed by atoms with Crippen LogP contribution in [0.4, 0.5) is 0 Å². The molecule has 1 atom stereocenters. The molecule has 1 aromatic carbocycles. The van der Waals surface area contributed by atoms with Crippen LogP contribution >= 0.6 is 11.6 Å². The predicted octanol–water partition coefficient (Wildman–Crippen LogP) is 1.51. The van der Waals surface area contributed by atoms with Gasteiger partial charge in [-0.05, 0) is 24.3 Å². The van der Waals surface area contributed by atoms with Crippen molar-refractivity contribution < 1.29 is 9.53 Å². The Labute approximate surface area is 93.4 Å². The zero-order valence-electron chi connectivity index (χ0n) is 8.20. The number of ketones is 1. The third-order valence-corrected chi connectivity index (χ3v) is 2.62. The number of morpholine rings is 1. The summed E-state index contributed by atoms with van der Waals surface area (Å²) in [6.07, 6.45) is 0. The molecule has 15 heavy (non-hydrogen) atoms. The fraction of sp³-hybridized carbons (Fsp3) is 0.364. The first-order valence-electron chi connectivity index (χ1n) is 4.88. The largest absolute Gasteiger partial charge is 0.378 e. The van der Waals surface area contributed by atoms with Gasteiger partial charge in [-0.15, -0.1) is 0 Å². The average Bonchev–Trinajstić information content (AvgIpc) is 2.30. The lowest BCUT2D eigenvalue weighted by Crippen LogP contribution is -2.46. The highest BCUT2D eigenvalue weighted by atomic mass is 35.5. The smallest absolute Gasteiger partial charge is 0.182 e. The van der Waals surface area contributed by atoms with Crippen molar-refractivity contribution in [2.45, 2.75) is 6.04 Å². The number of rotatable bonds is 2. The van der Waals surface area contributed by atoms with Crippen LogP contribution in [-0.2, 0) is 4.74 Å². The minimum atomic E-state index is -0.222. The summed E-state index contributed by atoms with van der Waals surface area (Å²) in [7, 11) is 0. The van der Waals surface area contributed by atoms with Gasteiger partial charge in [-0.25, -0.2) is 0 Å². The molecule has 0 amide bonds. The molecule has 3 nitrogen and oxygen atoms in total. The van der Waals surface area contributed by atoms with Gasteiger partial charge in [-0.3, -0.25) is 4.79 Å². The maximum atomic E-state index is 11.9. The van der Waals surface area contributed by atoms with Gasteiger partial charge in [-0.1, -0.05) is 11.6 Å². The number of hydrogen-bond acceptors (Lipinski definition) is 3. The van der Waals surface area contributed by atoms with Crippen LogP contribution in [-0.4, -0.2) is 31.6 Å². The zero-order chi connectivity index (χ0) is 10.7. The van der Waals surface area contributed by atoms with Gasteiger partial charge in [0.05, 0.1) is 19.3 Å². The van der Waals surface area contributed by atoms with Crippen molar-refractivity contribution in [2.24, 2.45) is 0 Å². The molecule has 0 radical (unpaired) electrons. The second-order valence-electron chi connectivity index (χ2n) is 3.45. The van der Waals surface area contributed by atoms with Crippen molar-refractivity contribution in [2.75, 3.05) is 19.8 Å². The number of ether oxygens (including phenoxy) is 1. The Hall–Kier alpha value is -0.900. The molecule has 1 heterocycles. The average molecular weight is 226 g/mol. The monoisotopic (exact) mass is 225 g/mol. The molecule has 1 saturated heterocycles. The summed E-state index contributed by atoms with van der Waals surface area (Å²) in [5, 5.41) is 3.76. The highest BCUT2D eigenvalue weighted by Crippen LogP contribution is 2.12. The van der Waals surface area contributed by atoms with E-state index in [0.717, 1.165) is 6.54 Å². The lowest BCUT2D eigenvalue weighted by atomic mass is 10.0. The second-order valence-corrected chi connectivity index (χ2v) is 3.89. The molecular weight excluding hydrogens is 214 g/mol. The number of nitrogens with one attached hydrogen (secondary N) is 1. The van der Waals surface area contributed by atoms with Crippen LogP contribution in [0.3, 0.4) is 0 Å². The van der Waals surface area contributed by atoms with Crippen molar-refractivity contribution >= 4 is 17.4 Å². The molecule has 0 aliphatic carbocycles. The van der Waals surface area contributed by atoms with Gasteiger partial charge in [0, 0.05) is 17.1 Å². The van der Waals surface area contributed by atoms with Gasteiger partial charge in [0.1, 0.15) is 0 Å². The number of hydrogen-bond donors (Lipinski definition) is 1. The highest BCUT2D eigenvalue weighted by Gasteiger charge is 2.22. The molecule has 1 unspecified atom stereocenters. The van der Waals surface area contributed by atoms with Gasteiger partial charge in [0.15, 0.2) is 5.78 Å². The topological polar surface area (TPSA) is 38.3 Å². The quantitative estimate of drug-likeness (QED) is 0.776. The summed E-state index contributed by atoms with van der Waals surface area (Å²) in [6.45, 7) is 1.84. The van der Waals surface area contributed by atoms with E-state index in [1.54, 1.807) is 24.3 Å². The number of halogens is 1. The lowest BCUT2D eigenvalue weighted by molar-refractivity contribution is 0.0607. The first kappa shape index (κ1) is 10.6. The van der Waals surface area contributed by atoms with Gasteiger partial charge in [0.2, 0.25) is 0 Å². The van der Waals surface area contributed by atoms with Gasteiger partial charge < -0.3 is 10.1 Å². The molecule has 1 aliphatic rings. The van der Waals surface area contributed by atoms with Crippen LogP contribution in [0, 0.1) is 0 Å². The molecule has 0 bridgehead atoms. The number of Topliss-reactive ketones (excluding diaryl/α,β-unsaturated/α-hetero) is 1. The molecular formula is C11H12ClNO2. The normalized spacial score (nSPS) is 21.3. The van der Waals surface area contributed by atoms with E-state index in [4.69, 9.17) is 16.3 Å². The molecule has 1 aliphatic heterocycles. The fourth-order valence-corrected chi connectivity index (χ4v) is 1.68. The molecule has 4 heteroatoms. The van der Waals surface area contributed by atoms with E-state index in [1.165, 1.54) is 0 Å². The van der Waals surface area contributed by atoms with E-state index in [-0.39, 0.29) is 11.8 Å². The Balaban J connectivity index is 2.09. The van der Waals surface area contributed by atoms with E-state index in [9.17, 15) is 4.79 Å². The summed E-state index contributed by atoms with van der Waals surface area (Å²) in [5.41, 5.74) is 0.669. The van der Waals surface area contributed by atoms with E-state index in [1.807, 2.05) is 0 Å². The summed E-state index contributed by atoms with van der Waals surface area (Å²) in [5.74, 6) is 0.0615. The minimum absolute atomic E-state index is 0.0615. The third-order valence-electron chi connectivity index (χ3n) is 2.37. The van der Waals surface area contributed by atoms with Crippen LogP contribution in [0.5, 0.6) is 0 Å². The predicted molar refractivity (Wildman–Crippen MR) is 58.4 cm³/mol. The van der Waals surface area contributed by atoms with Crippen molar-refractivity contribution in [3.63, 3.8) is 0 Å². The van der Waals surface area contributed by atoms with Crippen LogP contribution in [0.15, 0.2) is 24.3 Å². The first-order chi connectivity index (χ1) is 7.27. The highest BCUT2D eigenvalue weighted by molar-refractivity contribution is 6.30. The molecule has 0 spiro atoms. The van der Waals surface area contributed by atoms with Crippen LogP contribution in [0.1, 0.15) is 10.4 Å². The van der Waals surface area contributed by atoms with Crippen LogP contribution in [0.25, 0.3) is 0 Å². The van der Waals surface area contributed by atoms with Gasteiger partial charge in [-0.2, -0.15) is 0 Å². The Morgan fingerprint density at radius 1 is 1.40 bits per heavy atom. The van der Waals surface area contributed by atoms with E-state index in [0.29, 0.717) is 23.8 Å². The van der Waals surface area contributed by atoms with Gasteiger partial charge in [0.25, 0.3) is 0 Å². The Bertz CT molecular complexity index is 344. The van der Waals surface area contributed by atoms with Gasteiger partial charge >= 0.3 is 0 Å². The number of carbonyl (C=O) groups is 1. The minimum Gasteiger partial charge on any atom is -0.378 e. The van der Waals surface area contributed by atoms with E-state index >= 15 is 0 Å². The fourth-order valence-electron chi connectivity index (χ4n) is 1.55. The lowest BCUT2D eigenvalue weighted by Gasteiger charge is -2.22. The Kier molecular flexibility index (Phi) is 3.36. The van der Waals surface area contributed by atoms with Crippen molar-refractivity contribution in [1.82, 2.24) is 5.32 Å². The molecule has 1 N–H and O–H groups in total. The summed E-state index contributed by atoms with van der Waals surface area (Å²) >= 11 is 5.75. The van der Waals surface area contributed by atoms with Crippen LogP contribution in [0.2, 0.25) is 5.02 Å². The maximum absolute atomic E-state index is 11.9. The molecule has 0 saturated carbocycles. The second kappa shape index (κ2) is 4.75. The Morgan fingerprint density at radius 2 is 2.13 bits per heavy atom. The van der Waals surface area contributed by atoms with Crippen molar-refractivity contribution in [3.05, 3.63) is 34.9 Å². The third kappa shape index (κ3) is 2.56. The summed E-state index contributed by atoms with van der Waals surface area (Å²) < 4.78 is 5.24. The SMILES string of the molecule is O=C(c1ccc(Cl)cc1)C1COCCN1. The van der Waals surface area contributed by atoms with E-state index < -0.39 is 0 Å². The van der Waals surface area contributed by atoms with Crippen molar-refractivity contribution in [1.29, 1.82) is 0 Å². The van der Waals surface area contributed by atoms with Crippen molar-refractivity contribution in [3.8, 4) is 0 Å². The Morgan fingerprint density at radius 3 is 2.73 bits per heavy atom. The molecule has 2 rings (SSSR count). The number of carbonyl (C=O) groups excluding carboxylic acids is 1. The molecule has 0 aromatic heterocycles. The van der Waals surface area contributed by atoms with Crippen LogP contribution < -0.4 is 5.32 Å². The number of benzene rings is 1. The zero-order valence-corrected chi connectivity index (χ0v) is 8.96. The first-order valence-corrected chi connectivity index (χ1v) is 5.26. The molecule has 1 aromatic rings. The molecule has 1 fully saturated rings. The summed E-state index contributed by atoms with van der Waals surface area (Å²) in [4.78, 5) is 11.9. The maximum Gasteiger partial charge on any atom is 0.182 e. The molecule has 80 valence electrons. The van der Waals surface area contributed by atoms with E-state index in [2.05, 4.69) is 5.32 Å². The standard InChI is InChI=1S/C11H12ClNO2/c12-9-3-1-8(2-4-9)11(14)10-7-15-6-5-13-10/h1-4,10,13H,5-7H2. The summed E-state index contributed by atoms with van der Waals surface area (Å²) in [6, 6.07) is 6.69.